The van der Waals surface area contributed by atoms with Gasteiger partial charge < -0.3 is 15.3 Å². The summed E-state index contributed by atoms with van der Waals surface area (Å²) in [7, 11) is -2.88. The highest BCUT2D eigenvalue weighted by atomic mass is 32.2. The molecule has 0 saturated carbocycles. The number of carbonyl (C=O) groups is 2. The molecule has 3 heterocycles. The summed E-state index contributed by atoms with van der Waals surface area (Å²) in [6.07, 6.45) is 3.96. The fraction of sp³-hybridized carbons (Fsp3) is 0.875. The number of likely N-dealkylation sites (tertiary alicyclic amines) is 1. The third-order valence-corrected chi connectivity index (χ3v) is 7.69. The van der Waals surface area contributed by atoms with Gasteiger partial charge in [0.15, 0.2) is 0 Å². The second-order valence-corrected chi connectivity index (χ2v) is 9.96. The van der Waals surface area contributed by atoms with Crippen LogP contribution in [0.25, 0.3) is 0 Å². The second kappa shape index (κ2) is 6.63. The summed E-state index contributed by atoms with van der Waals surface area (Å²) >= 11 is 0. The van der Waals surface area contributed by atoms with Crippen molar-refractivity contribution in [2.24, 2.45) is 11.3 Å². The minimum Gasteiger partial charge on any atom is -0.480 e. The van der Waals surface area contributed by atoms with Crippen molar-refractivity contribution in [1.29, 1.82) is 0 Å². The molecule has 7 nitrogen and oxygen atoms in total. The molecule has 0 aliphatic carbocycles. The van der Waals surface area contributed by atoms with Crippen LogP contribution in [-0.2, 0) is 19.4 Å². The molecule has 2 N–H and O–H groups in total. The summed E-state index contributed by atoms with van der Waals surface area (Å²) in [5.41, 5.74) is 0.0127. The second-order valence-electron chi connectivity index (χ2n) is 7.66. The first-order valence-electron chi connectivity index (χ1n) is 8.73. The largest absolute Gasteiger partial charge is 0.480 e. The predicted molar refractivity (Wildman–Crippen MR) is 88.3 cm³/mol. The Morgan fingerprint density at radius 2 is 1.79 bits per heavy atom. The van der Waals surface area contributed by atoms with Crippen LogP contribution in [0.15, 0.2) is 0 Å². The molecule has 1 atom stereocenters. The highest BCUT2D eigenvalue weighted by Gasteiger charge is 2.44. The molecule has 1 amide bonds. The van der Waals surface area contributed by atoms with Gasteiger partial charge in [-0.25, -0.2) is 8.42 Å². The minimum atomic E-state index is -2.88. The molecule has 3 rings (SSSR count). The number of hydrogen-bond acceptors (Lipinski definition) is 5. The molecule has 3 fully saturated rings. The summed E-state index contributed by atoms with van der Waals surface area (Å²) in [6, 6.07) is -0.462. The van der Waals surface area contributed by atoms with E-state index in [1.165, 1.54) is 0 Å². The maximum absolute atomic E-state index is 12.5. The summed E-state index contributed by atoms with van der Waals surface area (Å²) in [4.78, 5) is 25.4. The molecule has 0 radical (unpaired) electrons. The molecule has 24 heavy (non-hydrogen) atoms. The SMILES string of the molecule is O=C(O)[C@H]1CC2(CCN(C(=O)CC3CCS(=O)(=O)CC3)CC2)CN1. The zero-order valence-electron chi connectivity index (χ0n) is 13.9. The van der Waals surface area contributed by atoms with E-state index in [2.05, 4.69) is 5.32 Å². The van der Waals surface area contributed by atoms with Gasteiger partial charge in [-0.2, -0.15) is 0 Å². The summed E-state index contributed by atoms with van der Waals surface area (Å²) in [6.45, 7) is 2.07. The monoisotopic (exact) mass is 358 g/mol. The molecule has 0 aromatic carbocycles. The number of aliphatic carboxylic acids is 1. The Labute approximate surface area is 142 Å². The van der Waals surface area contributed by atoms with E-state index in [1.54, 1.807) is 0 Å². The van der Waals surface area contributed by atoms with Gasteiger partial charge in [-0.3, -0.25) is 9.59 Å². The number of piperidine rings is 1. The van der Waals surface area contributed by atoms with Crippen molar-refractivity contribution < 1.29 is 23.1 Å². The average Bonchev–Trinajstić information content (AvgIpc) is 2.94. The Kier molecular flexibility index (Phi) is 4.88. The first-order chi connectivity index (χ1) is 11.3. The Morgan fingerprint density at radius 3 is 2.33 bits per heavy atom. The van der Waals surface area contributed by atoms with Crippen LogP contribution in [0.5, 0.6) is 0 Å². The zero-order valence-corrected chi connectivity index (χ0v) is 14.7. The van der Waals surface area contributed by atoms with Gasteiger partial charge in [0.05, 0.1) is 11.5 Å². The van der Waals surface area contributed by atoms with Crippen molar-refractivity contribution in [3.05, 3.63) is 0 Å². The number of hydrogen-bond donors (Lipinski definition) is 2. The maximum Gasteiger partial charge on any atom is 0.320 e. The van der Waals surface area contributed by atoms with E-state index in [4.69, 9.17) is 5.11 Å². The van der Waals surface area contributed by atoms with E-state index in [1.807, 2.05) is 4.90 Å². The molecule has 0 aromatic rings. The van der Waals surface area contributed by atoms with Crippen molar-refractivity contribution in [2.45, 2.75) is 44.6 Å². The van der Waals surface area contributed by atoms with Gasteiger partial charge >= 0.3 is 5.97 Å². The highest BCUT2D eigenvalue weighted by Crippen LogP contribution is 2.39. The molecular weight excluding hydrogens is 332 g/mol. The van der Waals surface area contributed by atoms with Gasteiger partial charge in [-0.1, -0.05) is 0 Å². The lowest BCUT2D eigenvalue weighted by atomic mass is 9.76. The van der Waals surface area contributed by atoms with E-state index in [0.29, 0.717) is 45.3 Å². The van der Waals surface area contributed by atoms with E-state index in [9.17, 15) is 18.0 Å². The van der Waals surface area contributed by atoms with Gasteiger partial charge in [-0.05, 0) is 43.4 Å². The van der Waals surface area contributed by atoms with Gasteiger partial charge in [0.1, 0.15) is 15.9 Å². The maximum atomic E-state index is 12.5. The predicted octanol–water partition coefficient (Wildman–Crippen LogP) is 0.257. The number of nitrogens with one attached hydrogen (secondary N) is 1. The van der Waals surface area contributed by atoms with Crippen molar-refractivity contribution in [3.8, 4) is 0 Å². The third-order valence-electron chi connectivity index (χ3n) is 5.97. The fourth-order valence-electron chi connectivity index (χ4n) is 4.22. The molecule has 0 bridgehead atoms. The van der Waals surface area contributed by atoms with Crippen LogP contribution >= 0.6 is 0 Å². The lowest BCUT2D eigenvalue weighted by molar-refractivity contribution is -0.140. The van der Waals surface area contributed by atoms with Crippen LogP contribution in [0.1, 0.15) is 38.5 Å². The van der Waals surface area contributed by atoms with Gasteiger partial charge in [0.25, 0.3) is 0 Å². The Hall–Kier alpha value is -1.15. The number of carboxylic acids is 1. The zero-order chi connectivity index (χ0) is 17.4. The van der Waals surface area contributed by atoms with Crippen LogP contribution < -0.4 is 5.32 Å². The van der Waals surface area contributed by atoms with Crippen molar-refractivity contribution >= 4 is 21.7 Å². The average molecular weight is 358 g/mol. The van der Waals surface area contributed by atoms with Gasteiger partial charge in [0, 0.05) is 26.1 Å². The summed E-state index contributed by atoms with van der Waals surface area (Å²) in [5.74, 6) is -0.0824. The Bertz CT molecular complexity index is 596. The first-order valence-corrected chi connectivity index (χ1v) is 10.6. The normalized spacial score (nSPS) is 29.7. The van der Waals surface area contributed by atoms with Crippen LogP contribution in [0.4, 0.5) is 0 Å². The lowest BCUT2D eigenvalue weighted by Gasteiger charge is -2.39. The fourth-order valence-corrected chi connectivity index (χ4v) is 5.81. The number of carbonyl (C=O) groups excluding carboxylic acids is 1. The number of sulfone groups is 1. The van der Waals surface area contributed by atoms with Gasteiger partial charge in [0.2, 0.25) is 5.91 Å². The molecule has 1 spiro atoms. The van der Waals surface area contributed by atoms with Crippen LogP contribution in [0.3, 0.4) is 0 Å². The molecule has 0 unspecified atom stereocenters. The van der Waals surface area contributed by atoms with Crippen LogP contribution in [0, 0.1) is 11.3 Å². The number of carboxylic acid groups (broad SMARTS) is 1. The highest BCUT2D eigenvalue weighted by molar-refractivity contribution is 7.91. The number of amides is 1. The molecule has 8 heteroatoms. The van der Waals surface area contributed by atoms with Gasteiger partial charge in [-0.15, -0.1) is 0 Å². The Morgan fingerprint density at radius 1 is 1.17 bits per heavy atom. The molecule has 3 saturated heterocycles. The summed E-state index contributed by atoms with van der Waals surface area (Å²) < 4.78 is 22.9. The number of rotatable bonds is 3. The summed E-state index contributed by atoms with van der Waals surface area (Å²) in [5, 5.41) is 12.2. The smallest absolute Gasteiger partial charge is 0.320 e. The number of nitrogens with zero attached hydrogens (tertiary/aromatic N) is 1. The van der Waals surface area contributed by atoms with E-state index < -0.39 is 21.8 Å². The molecule has 136 valence electrons. The minimum absolute atomic E-state index is 0.0127. The first kappa shape index (κ1) is 17.7. The van der Waals surface area contributed by atoms with Crippen LogP contribution in [-0.4, -0.2) is 67.5 Å². The topological polar surface area (TPSA) is 104 Å². The van der Waals surface area contributed by atoms with Crippen LogP contribution in [0.2, 0.25) is 0 Å². The quantitative estimate of drug-likeness (QED) is 0.750. The van der Waals surface area contributed by atoms with E-state index >= 15 is 0 Å². The molecule has 3 aliphatic rings. The molecular formula is C16H26N2O5S. The van der Waals surface area contributed by atoms with Crippen molar-refractivity contribution in [2.75, 3.05) is 31.1 Å². The Balaban J connectivity index is 1.47. The lowest BCUT2D eigenvalue weighted by Crippen LogP contribution is -2.44. The third kappa shape index (κ3) is 3.91. The molecule has 3 aliphatic heterocycles. The van der Waals surface area contributed by atoms with E-state index in [0.717, 1.165) is 12.8 Å². The van der Waals surface area contributed by atoms with Crippen molar-refractivity contribution in [1.82, 2.24) is 10.2 Å². The molecule has 0 aromatic heterocycles. The van der Waals surface area contributed by atoms with Crippen molar-refractivity contribution in [3.63, 3.8) is 0 Å². The standard InChI is InChI=1S/C16H26N2O5S/c19-14(9-12-1-7-24(22,23)8-2-12)18-5-3-16(4-6-18)10-13(15(20)21)17-11-16/h12-13,17H,1-11H2,(H,20,21)/t13-/m1/s1. The van der Waals surface area contributed by atoms with E-state index in [-0.39, 0.29) is 28.7 Å².